The maximum absolute atomic E-state index is 12.7. The highest BCUT2D eigenvalue weighted by Gasteiger charge is 2.36. The van der Waals surface area contributed by atoms with Gasteiger partial charge in [0, 0.05) is 44.6 Å². The molecule has 2 aliphatic heterocycles. The van der Waals surface area contributed by atoms with Crippen LogP contribution in [0, 0.1) is 5.92 Å². The Bertz CT molecular complexity index is 418. The highest BCUT2D eigenvalue weighted by atomic mass is 35.5. The van der Waals surface area contributed by atoms with Crippen molar-refractivity contribution in [3.8, 4) is 0 Å². The Kier molecular flexibility index (Phi) is 5.71. The number of hydrogen-bond donors (Lipinski definition) is 0. The molecular weight excluding hydrogens is 298 g/mol. The van der Waals surface area contributed by atoms with Crippen molar-refractivity contribution < 1.29 is 8.42 Å². The Morgan fingerprint density at radius 1 is 1.15 bits per heavy atom. The summed E-state index contributed by atoms with van der Waals surface area (Å²) in [5, 5.41) is 0. The predicted molar refractivity (Wildman–Crippen MR) is 82.2 cm³/mol. The van der Waals surface area contributed by atoms with Crippen molar-refractivity contribution in [1.29, 1.82) is 0 Å². The maximum Gasteiger partial charge on any atom is 0.282 e. The molecule has 2 rings (SSSR count). The summed E-state index contributed by atoms with van der Waals surface area (Å²) < 4.78 is 28.8. The monoisotopic (exact) mass is 323 g/mol. The van der Waals surface area contributed by atoms with Crippen molar-refractivity contribution in [2.75, 3.05) is 45.1 Å². The number of piperazine rings is 1. The van der Waals surface area contributed by atoms with Crippen LogP contribution in [0.25, 0.3) is 0 Å². The first-order chi connectivity index (χ1) is 9.48. The maximum atomic E-state index is 12.7. The highest BCUT2D eigenvalue weighted by Crippen LogP contribution is 2.23. The Balaban J connectivity index is 2.03. The molecule has 0 aromatic carbocycles. The second kappa shape index (κ2) is 6.92. The number of rotatable bonds is 4. The molecule has 0 aliphatic carbocycles. The van der Waals surface area contributed by atoms with Crippen LogP contribution in [0.3, 0.4) is 0 Å². The van der Waals surface area contributed by atoms with Gasteiger partial charge in [-0.3, -0.25) is 4.90 Å². The molecule has 2 fully saturated rings. The molecule has 0 aromatic heterocycles. The second-order valence-electron chi connectivity index (χ2n) is 5.86. The predicted octanol–water partition coefficient (Wildman–Crippen LogP) is 1.21. The molecule has 0 aromatic rings. The van der Waals surface area contributed by atoms with Gasteiger partial charge in [0.2, 0.25) is 0 Å². The summed E-state index contributed by atoms with van der Waals surface area (Å²) >= 11 is 5.90. The zero-order valence-corrected chi connectivity index (χ0v) is 14.0. The van der Waals surface area contributed by atoms with Gasteiger partial charge in [-0.25, -0.2) is 0 Å². The molecule has 2 atom stereocenters. The first kappa shape index (κ1) is 16.5. The zero-order chi connectivity index (χ0) is 14.8. The standard InChI is InChI=1S/C13H26ClN3O2S/c1-3-15-7-8-17(10-12(15)2)20(18,19)16-6-4-5-13(9-14)11-16/h12-13H,3-11H2,1-2H3. The van der Waals surface area contributed by atoms with Crippen LogP contribution >= 0.6 is 11.6 Å². The smallest absolute Gasteiger partial charge is 0.282 e. The normalized spacial score (nSPS) is 31.6. The van der Waals surface area contributed by atoms with Crippen LogP contribution in [0.15, 0.2) is 0 Å². The van der Waals surface area contributed by atoms with Crippen molar-refractivity contribution in [3.63, 3.8) is 0 Å². The van der Waals surface area contributed by atoms with Gasteiger partial charge in [0.25, 0.3) is 10.2 Å². The lowest BCUT2D eigenvalue weighted by atomic mass is 10.0. The van der Waals surface area contributed by atoms with Gasteiger partial charge in [0.1, 0.15) is 0 Å². The van der Waals surface area contributed by atoms with Crippen LogP contribution in [0.1, 0.15) is 26.7 Å². The first-order valence-corrected chi connectivity index (χ1v) is 9.47. The number of halogens is 1. The summed E-state index contributed by atoms with van der Waals surface area (Å²) in [4.78, 5) is 2.32. The van der Waals surface area contributed by atoms with Gasteiger partial charge in [-0.05, 0) is 32.2 Å². The third-order valence-corrected chi connectivity index (χ3v) is 6.89. The number of hydrogen-bond acceptors (Lipinski definition) is 3. The first-order valence-electron chi connectivity index (χ1n) is 7.54. The topological polar surface area (TPSA) is 43.9 Å². The van der Waals surface area contributed by atoms with Crippen molar-refractivity contribution in [2.24, 2.45) is 5.92 Å². The van der Waals surface area contributed by atoms with E-state index in [0.717, 1.165) is 25.9 Å². The van der Waals surface area contributed by atoms with E-state index in [-0.39, 0.29) is 6.04 Å². The third-order valence-electron chi connectivity index (χ3n) is 4.49. The van der Waals surface area contributed by atoms with Gasteiger partial charge in [-0.1, -0.05) is 6.92 Å². The van der Waals surface area contributed by atoms with Crippen LogP contribution < -0.4 is 0 Å². The van der Waals surface area contributed by atoms with E-state index in [1.165, 1.54) is 0 Å². The lowest BCUT2D eigenvalue weighted by molar-refractivity contribution is 0.128. The summed E-state index contributed by atoms with van der Waals surface area (Å²) in [6.45, 7) is 8.43. The highest BCUT2D eigenvalue weighted by molar-refractivity contribution is 7.86. The van der Waals surface area contributed by atoms with Gasteiger partial charge < -0.3 is 0 Å². The van der Waals surface area contributed by atoms with Gasteiger partial charge >= 0.3 is 0 Å². The van der Waals surface area contributed by atoms with Crippen LogP contribution in [-0.2, 0) is 10.2 Å². The second-order valence-corrected chi connectivity index (χ2v) is 8.10. The number of alkyl halides is 1. The fraction of sp³-hybridized carbons (Fsp3) is 1.00. The zero-order valence-electron chi connectivity index (χ0n) is 12.5. The molecule has 2 aliphatic rings. The van der Waals surface area contributed by atoms with Crippen molar-refractivity contribution in [3.05, 3.63) is 0 Å². The molecule has 2 heterocycles. The summed E-state index contributed by atoms with van der Waals surface area (Å²) in [7, 11) is -3.31. The molecule has 118 valence electrons. The molecular formula is C13H26ClN3O2S. The molecule has 0 amide bonds. The van der Waals surface area contributed by atoms with Crippen molar-refractivity contribution in [2.45, 2.75) is 32.7 Å². The number of piperidine rings is 1. The Morgan fingerprint density at radius 2 is 1.85 bits per heavy atom. The van der Waals surface area contributed by atoms with E-state index in [1.807, 2.05) is 0 Å². The van der Waals surface area contributed by atoms with E-state index >= 15 is 0 Å². The molecule has 2 saturated heterocycles. The molecule has 0 radical (unpaired) electrons. The average molecular weight is 324 g/mol. The Hall–Kier alpha value is 0.120. The molecule has 0 N–H and O–H groups in total. The summed E-state index contributed by atoms with van der Waals surface area (Å²) in [5.74, 6) is 0.848. The van der Waals surface area contributed by atoms with Crippen LogP contribution in [0.2, 0.25) is 0 Å². The minimum absolute atomic E-state index is 0.289. The largest absolute Gasteiger partial charge is 0.298 e. The minimum Gasteiger partial charge on any atom is -0.298 e. The fourth-order valence-corrected chi connectivity index (χ4v) is 5.22. The summed E-state index contributed by atoms with van der Waals surface area (Å²) in [6, 6.07) is 0.289. The number of nitrogens with zero attached hydrogens (tertiary/aromatic N) is 3. The van der Waals surface area contributed by atoms with Crippen LogP contribution in [0.4, 0.5) is 0 Å². The Morgan fingerprint density at radius 3 is 2.45 bits per heavy atom. The Labute approximate surface area is 128 Å². The lowest BCUT2D eigenvalue weighted by Crippen LogP contribution is -2.57. The van der Waals surface area contributed by atoms with Crippen molar-refractivity contribution in [1.82, 2.24) is 13.5 Å². The van der Waals surface area contributed by atoms with Gasteiger partial charge in [0.05, 0.1) is 0 Å². The molecule has 5 nitrogen and oxygen atoms in total. The van der Waals surface area contributed by atoms with E-state index in [0.29, 0.717) is 38.0 Å². The van der Waals surface area contributed by atoms with Crippen LogP contribution in [-0.4, -0.2) is 73.1 Å². The molecule has 20 heavy (non-hydrogen) atoms. The summed E-state index contributed by atoms with van der Waals surface area (Å²) in [5.41, 5.74) is 0. The van der Waals surface area contributed by atoms with Crippen molar-refractivity contribution >= 4 is 21.8 Å². The molecule has 0 spiro atoms. The van der Waals surface area contributed by atoms with E-state index < -0.39 is 10.2 Å². The van der Waals surface area contributed by atoms with Gasteiger partial charge in [-0.2, -0.15) is 17.0 Å². The van der Waals surface area contributed by atoms with E-state index in [1.54, 1.807) is 8.61 Å². The minimum atomic E-state index is -3.31. The van der Waals surface area contributed by atoms with E-state index in [9.17, 15) is 8.42 Å². The van der Waals surface area contributed by atoms with Gasteiger partial charge in [0.15, 0.2) is 0 Å². The third kappa shape index (κ3) is 3.47. The number of likely N-dealkylation sites (N-methyl/N-ethyl adjacent to an activating group) is 1. The SMILES string of the molecule is CCN1CCN(S(=O)(=O)N2CCCC(CCl)C2)CC1C. The molecule has 7 heteroatoms. The van der Waals surface area contributed by atoms with Crippen LogP contribution in [0.5, 0.6) is 0 Å². The fourth-order valence-electron chi connectivity index (χ4n) is 3.17. The quantitative estimate of drug-likeness (QED) is 0.730. The molecule has 0 saturated carbocycles. The van der Waals surface area contributed by atoms with Gasteiger partial charge in [-0.15, -0.1) is 11.6 Å². The molecule has 2 unspecified atom stereocenters. The van der Waals surface area contributed by atoms with E-state index in [4.69, 9.17) is 11.6 Å². The lowest BCUT2D eigenvalue weighted by Gasteiger charge is -2.41. The average Bonchev–Trinajstić information content (AvgIpc) is 2.47. The molecule has 0 bridgehead atoms. The van der Waals surface area contributed by atoms with E-state index in [2.05, 4.69) is 18.7 Å². The summed E-state index contributed by atoms with van der Waals surface area (Å²) in [6.07, 6.45) is 1.95.